The molecule has 1 saturated carbocycles. The Morgan fingerprint density at radius 3 is 2.41 bits per heavy atom. The van der Waals surface area contributed by atoms with Crippen molar-refractivity contribution < 1.29 is 4.79 Å². The summed E-state index contributed by atoms with van der Waals surface area (Å²) in [6.07, 6.45) is 2.92. The summed E-state index contributed by atoms with van der Waals surface area (Å²) < 4.78 is 0. The van der Waals surface area contributed by atoms with E-state index in [1.54, 1.807) is 0 Å². The maximum Gasteiger partial charge on any atom is 0.243 e. The fourth-order valence-corrected chi connectivity index (χ4v) is 2.39. The van der Waals surface area contributed by atoms with Crippen LogP contribution < -0.4 is 11.1 Å². The van der Waals surface area contributed by atoms with E-state index in [-0.39, 0.29) is 5.91 Å². The molecule has 1 fully saturated rings. The van der Waals surface area contributed by atoms with E-state index in [4.69, 9.17) is 5.73 Å². The van der Waals surface area contributed by atoms with Crippen LogP contribution in [0.15, 0.2) is 24.3 Å². The Hall–Kier alpha value is -1.51. The molecule has 1 aromatic carbocycles. The van der Waals surface area contributed by atoms with Crippen LogP contribution >= 0.6 is 0 Å². The van der Waals surface area contributed by atoms with Crippen molar-refractivity contribution in [3.05, 3.63) is 29.8 Å². The number of benzene rings is 1. The first-order valence-corrected chi connectivity index (χ1v) is 6.23. The van der Waals surface area contributed by atoms with Crippen molar-refractivity contribution >= 4 is 11.6 Å². The van der Waals surface area contributed by atoms with Crippen molar-refractivity contribution in [3.63, 3.8) is 0 Å². The zero-order chi connectivity index (χ0) is 12.5. The number of anilines is 1. The molecular weight excluding hydrogens is 212 g/mol. The van der Waals surface area contributed by atoms with E-state index in [2.05, 4.69) is 5.32 Å². The monoisotopic (exact) mass is 232 g/mol. The molecule has 3 nitrogen and oxygen atoms in total. The molecule has 0 aromatic heterocycles. The maximum absolute atomic E-state index is 11.8. The third-order valence-corrected chi connectivity index (χ3v) is 3.69. The number of nitrogens with one attached hydrogen (secondary N) is 1. The van der Waals surface area contributed by atoms with Gasteiger partial charge in [0, 0.05) is 5.69 Å². The van der Waals surface area contributed by atoms with Crippen LogP contribution in [0.5, 0.6) is 0 Å². The number of carbonyl (C=O) groups excluding carboxylic acids is 1. The van der Waals surface area contributed by atoms with Crippen LogP contribution in [-0.4, -0.2) is 11.4 Å². The summed E-state index contributed by atoms with van der Waals surface area (Å²) in [4.78, 5) is 11.8. The fraction of sp³-hybridized carbons (Fsp3) is 0.500. The highest BCUT2D eigenvalue weighted by molar-refractivity contribution is 5.88. The van der Waals surface area contributed by atoms with Gasteiger partial charge in [-0.2, -0.15) is 0 Å². The fourth-order valence-electron chi connectivity index (χ4n) is 2.39. The normalized spacial score (nSPS) is 18.5. The molecule has 0 radical (unpaired) electrons. The number of nitrogens with two attached hydrogens (primary N) is 1. The van der Waals surface area contributed by atoms with Gasteiger partial charge < -0.3 is 11.1 Å². The quantitative estimate of drug-likeness (QED) is 0.819. The number of hydrogen-bond donors (Lipinski definition) is 2. The molecule has 1 aliphatic rings. The summed E-state index contributed by atoms with van der Waals surface area (Å²) >= 11 is 0. The molecule has 1 unspecified atom stereocenters. The molecule has 2 rings (SSSR count). The van der Waals surface area contributed by atoms with Crippen LogP contribution in [0.4, 0.5) is 5.69 Å². The van der Waals surface area contributed by atoms with E-state index in [1.807, 2.05) is 38.1 Å². The number of aryl methyl sites for hydroxylation is 1. The maximum atomic E-state index is 11.8. The lowest BCUT2D eigenvalue weighted by molar-refractivity contribution is -0.123. The lowest BCUT2D eigenvalue weighted by Crippen LogP contribution is -2.52. The van der Waals surface area contributed by atoms with Crippen molar-refractivity contribution in [1.29, 1.82) is 0 Å². The Morgan fingerprint density at radius 1 is 1.41 bits per heavy atom. The topological polar surface area (TPSA) is 55.1 Å². The van der Waals surface area contributed by atoms with E-state index in [9.17, 15) is 4.79 Å². The first-order chi connectivity index (χ1) is 8.08. The Balaban J connectivity index is 2.23. The van der Waals surface area contributed by atoms with Gasteiger partial charge in [0.1, 0.15) is 5.54 Å². The van der Waals surface area contributed by atoms with Crippen molar-refractivity contribution in [2.75, 3.05) is 5.32 Å². The molecule has 1 aromatic rings. The zero-order valence-electron chi connectivity index (χ0n) is 10.5. The van der Waals surface area contributed by atoms with E-state index in [0.717, 1.165) is 24.9 Å². The number of primary amides is 1. The van der Waals surface area contributed by atoms with Gasteiger partial charge in [0.15, 0.2) is 0 Å². The van der Waals surface area contributed by atoms with Gasteiger partial charge in [0.2, 0.25) is 5.91 Å². The Morgan fingerprint density at radius 2 is 2.00 bits per heavy atom. The molecule has 0 saturated heterocycles. The van der Waals surface area contributed by atoms with Gasteiger partial charge in [-0.3, -0.25) is 4.79 Å². The molecule has 1 atom stereocenters. The van der Waals surface area contributed by atoms with Crippen molar-refractivity contribution in [3.8, 4) is 0 Å². The van der Waals surface area contributed by atoms with E-state index in [0.29, 0.717) is 5.92 Å². The van der Waals surface area contributed by atoms with Gasteiger partial charge in [-0.05, 0) is 44.2 Å². The van der Waals surface area contributed by atoms with E-state index >= 15 is 0 Å². The SMILES string of the molecule is CCC(Nc1ccc(C)cc1)(C(N)=O)C1CC1. The van der Waals surface area contributed by atoms with Crippen LogP contribution in [-0.2, 0) is 4.79 Å². The van der Waals surface area contributed by atoms with Gasteiger partial charge in [0.25, 0.3) is 0 Å². The Kier molecular flexibility index (Phi) is 3.09. The highest BCUT2D eigenvalue weighted by Crippen LogP contribution is 2.43. The van der Waals surface area contributed by atoms with Crippen LogP contribution in [0.1, 0.15) is 31.7 Å². The molecular formula is C14H20N2O. The Bertz CT molecular complexity index is 409. The van der Waals surface area contributed by atoms with Gasteiger partial charge in [0.05, 0.1) is 0 Å². The Labute approximate surface area is 102 Å². The molecule has 1 aliphatic carbocycles. The molecule has 1 amide bonds. The lowest BCUT2D eigenvalue weighted by atomic mass is 9.88. The van der Waals surface area contributed by atoms with Gasteiger partial charge >= 0.3 is 0 Å². The molecule has 0 aliphatic heterocycles. The number of hydrogen-bond acceptors (Lipinski definition) is 2. The van der Waals surface area contributed by atoms with Crippen LogP contribution in [0, 0.1) is 12.8 Å². The average Bonchev–Trinajstić information content (AvgIpc) is 3.12. The van der Waals surface area contributed by atoms with Crippen molar-refractivity contribution in [1.82, 2.24) is 0 Å². The molecule has 3 heteroatoms. The molecule has 0 bridgehead atoms. The average molecular weight is 232 g/mol. The molecule has 3 N–H and O–H groups in total. The number of rotatable bonds is 5. The lowest BCUT2D eigenvalue weighted by Gasteiger charge is -2.32. The molecule has 92 valence electrons. The minimum absolute atomic E-state index is 0.233. The third-order valence-electron chi connectivity index (χ3n) is 3.69. The number of amides is 1. The number of carbonyl (C=O) groups is 1. The summed E-state index contributed by atoms with van der Waals surface area (Å²) in [6, 6.07) is 8.09. The highest BCUT2D eigenvalue weighted by atomic mass is 16.1. The predicted molar refractivity (Wildman–Crippen MR) is 69.7 cm³/mol. The molecule has 0 spiro atoms. The second kappa shape index (κ2) is 4.40. The summed E-state index contributed by atoms with van der Waals surface area (Å²) in [5, 5.41) is 3.36. The third kappa shape index (κ3) is 2.28. The van der Waals surface area contributed by atoms with Crippen molar-refractivity contribution in [2.45, 2.75) is 38.6 Å². The second-order valence-corrected chi connectivity index (χ2v) is 4.95. The standard InChI is InChI=1S/C14H20N2O/c1-3-14(13(15)17,11-6-7-11)16-12-8-4-10(2)5-9-12/h4-5,8-9,11,16H,3,6-7H2,1-2H3,(H2,15,17). The minimum atomic E-state index is -0.560. The first-order valence-electron chi connectivity index (χ1n) is 6.23. The van der Waals surface area contributed by atoms with E-state index < -0.39 is 5.54 Å². The minimum Gasteiger partial charge on any atom is -0.371 e. The largest absolute Gasteiger partial charge is 0.371 e. The summed E-state index contributed by atoms with van der Waals surface area (Å²) in [5.41, 5.74) is 7.23. The molecule has 0 heterocycles. The first kappa shape index (κ1) is 12.0. The smallest absolute Gasteiger partial charge is 0.243 e. The second-order valence-electron chi connectivity index (χ2n) is 4.95. The van der Waals surface area contributed by atoms with Crippen molar-refractivity contribution in [2.24, 2.45) is 11.7 Å². The van der Waals surface area contributed by atoms with Crippen LogP contribution in [0.25, 0.3) is 0 Å². The van der Waals surface area contributed by atoms with Gasteiger partial charge in [-0.1, -0.05) is 24.6 Å². The van der Waals surface area contributed by atoms with Crippen LogP contribution in [0.3, 0.4) is 0 Å². The molecule has 17 heavy (non-hydrogen) atoms. The predicted octanol–water partition coefficient (Wildman–Crippen LogP) is 2.45. The summed E-state index contributed by atoms with van der Waals surface area (Å²) in [6.45, 7) is 4.07. The summed E-state index contributed by atoms with van der Waals surface area (Å²) in [5.74, 6) is 0.161. The van der Waals surface area contributed by atoms with Crippen LogP contribution in [0.2, 0.25) is 0 Å². The van der Waals surface area contributed by atoms with E-state index in [1.165, 1.54) is 5.56 Å². The zero-order valence-corrected chi connectivity index (χ0v) is 10.5. The highest BCUT2D eigenvalue weighted by Gasteiger charge is 2.48. The van der Waals surface area contributed by atoms with Gasteiger partial charge in [-0.25, -0.2) is 0 Å². The van der Waals surface area contributed by atoms with Gasteiger partial charge in [-0.15, -0.1) is 0 Å². The summed E-state index contributed by atoms with van der Waals surface area (Å²) in [7, 11) is 0.